The smallest absolute Gasteiger partial charge is 0.170 e. The molecule has 0 amide bonds. The lowest BCUT2D eigenvalue weighted by atomic mass is 10.6. The van der Waals surface area contributed by atoms with Gasteiger partial charge in [-0.2, -0.15) is 0 Å². The highest BCUT2D eigenvalue weighted by molar-refractivity contribution is 8.01. The number of nitrogens with zero attached hydrogens (tertiary/aromatic N) is 3. The molecular formula is C12H12N4S2. The lowest BCUT2D eigenvalue weighted by molar-refractivity contribution is 1.01. The number of hydrogen-bond donors (Lipinski definition) is 1. The molecule has 1 N–H and O–H groups in total. The maximum absolute atomic E-state index is 4.61. The molecule has 0 aliphatic rings. The van der Waals surface area contributed by atoms with E-state index in [-0.39, 0.29) is 0 Å². The largest absolute Gasteiger partial charge is 0.369 e. The number of thiophene rings is 1. The molecule has 0 unspecified atom stereocenters. The highest BCUT2D eigenvalue weighted by Crippen LogP contribution is 2.32. The summed E-state index contributed by atoms with van der Waals surface area (Å²) in [7, 11) is 0. The van der Waals surface area contributed by atoms with Crippen LogP contribution in [0.25, 0.3) is 5.65 Å². The molecule has 0 atom stereocenters. The summed E-state index contributed by atoms with van der Waals surface area (Å²) in [4.78, 5) is 8.97. The van der Waals surface area contributed by atoms with Crippen LogP contribution >= 0.6 is 23.1 Å². The summed E-state index contributed by atoms with van der Waals surface area (Å²) in [5, 5.41) is 6.24. The summed E-state index contributed by atoms with van der Waals surface area (Å²) < 4.78 is 3.22. The average molecular weight is 276 g/mol. The van der Waals surface area contributed by atoms with Gasteiger partial charge in [-0.15, -0.1) is 11.3 Å². The van der Waals surface area contributed by atoms with E-state index in [2.05, 4.69) is 33.7 Å². The van der Waals surface area contributed by atoms with Crippen LogP contribution in [0.5, 0.6) is 0 Å². The first-order chi connectivity index (χ1) is 8.86. The molecule has 3 aromatic rings. The van der Waals surface area contributed by atoms with Crippen molar-refractivity contribution in [2.24, 2.45) is 0 Å². The van der Waals surface area contributed by atoms with Crippen molar-refractivity contribution in [3.63, 3.8) is 0 Å². The molecule has 6 heteroatoms. The normalized spacial score (nSPS) is 10.9. The van der Waals surface area contributed by atoms with Crippen LogP contribution in [0.2, 0.25) is 0 Å². The van der Waals surface area contributed by atoms with E-state index in [9.17, 15) is 0 Å². The molecule has 3 aromatic heterocycles. The van der Waals surface area contributed by atoms with Crippen LogP contribution in [0.4, 0.5) is 5.82 Å². The summed E-state index contributed by atoms with van der Waals surface area (Å²) in [6.07, 6.45) is 5.70. The Kier molecular flexibility index (Phi) is 3.21. The summed E-state index contributed by atoms with van der Waals surface area (Å²) in [6, 6.07) is 4.14. The maximum Gasteiger partial charge on any atom is 0.170 e. The Hall–Kier alpha value is -1.53. The third-order valence-electron chi connectivity index (χ3n) is 2.39. The minimum atomic E-state index is 0.857. The first-order valence-corrected chi connectivity index (χ1v) is 7.35. The number of fused-ring (bicyclic) bond motifs is 1. The van der Waals surface area contributed by atoms with E-state index in [0.29, 0.717) is 0 Å². The Labute approximate surface area is 113 Å². The second-order valence-corrected chi connectivity index (χ2v) is 5.89. The number of nitrogens with one attached hydrogen (secondary N) is 1. The molecule has 92 valence electrons. The van der Waals surface area contributed by atoms with Gasteiger partial charge in [0, 0.05) is 18.9 Å². The summed E-state index contributed by atoms with van der Waals surface area (Å²) in [5.41, 5.74) is 0.898. The van der Waals surface area contributed by atoms with Crippen LogP contribution in [0.1, 0.15) is 6.92 Å². The fourth-order valence-electron chi connectivity index (χ4n) is 1.65. The zero-order chi connectivity index (χ0) is 12.4. The zero-order valence-corrected chi connectivity index (χ0v) is 11.5. The van der Waals surface area contributed by atoms with Crippen molar-refractivity contribution in [1.29, 1.82) is 0 Å². The van der Waals surface area contributed by atoms with Crippen LogP contribution in [-0.4, -0.2) is 20.9 Å². The van der Waals surface area contributed by atoms with E-state index in [1.165, 1.54) is 4.21 Å². The lowest BCUT2D eigenvalue weighted by Crippen LogP contribution is -2.02. The lowest BCUT2D eigenvalue weighted by Gasteiger charge is -2.06. The molecule has 0 saturated carbocycles. The highest BCUT2D eigenvalue weighted by Gasteiger charge is 2.09. The van der Waals surface area contributed by atoms with Gasteiger partial charge in [-0.05, 0) is 18.4 Å². The monoisotopic (exact) mass is 276 g/mol. The van der Waals surface area contributed by atoms with E-state index in [0.717, 1.165) is 23.0 Å². The second-order valence-electron chi connectivity index (χ2n) is 3.65. The minimum Gasteiger partial charge on any atom is -0.369 e. The van der Waals surface area contributed by atoms with Crippen molar-refractivity contribution in [2.45, 2.75) is 16.2 Å². The molecule has 0 saturated heterocycles. The van der Waals surface area contributed by atoms with E-state index in [1.54, 1.807) is 29.3 Å². The van der Waals surface area contributed by atoms with Crippen LogP contribution < -0.4 is 5.32 Å². The SMILES string of the molecule is CCNc1cn2ccnc2c(Sc2cccs2)n1. The molecule has 0 fully saturated rings. The first kappa shape index (κ1) is 11.6. The number of imidazole rings is 1. The Bertz CT molecular complexity index is 645. The van der Waals surface area contributed by atoms with Crippen molar-refractivity contribution in [3.8, 4) is 0 Å². The number of rotatable bonds is 4. The van der Waals surface area contributed by atoms with Gasteiger partial charge in [0.05, 0.1) is 10.4 Å². The molecule has 0 radical (unpaired) electrons. The minimum absolute atomic E-state index is 0.857. The Balaban J connectivity index is 2.04. The Morgan fingerprint density at radius 3 is 3.22 bits per heavy atom. The standard InChI is InChI=1S/C12H12N4S2/c1-2-13-9-8-16-6-5-14-11(16)12(15-9)18-10-4-3-7-17-10/h3-8,13H,2H2,1H3. The van der Waals surface area contributed by atoms with Crippen LogP contribution in [-0.2, 0) is 0 Å². The average Bonchev–Trinajstić information content (AvgIpc) is 2.99. The van der Waals surface area contributed by atoms with Gasteiger partial charge in [0.2, 0.25) is 0 Å². The van der Waals surface area contributed by atoms with E-state index < -0.39 is 0 Å². The van der Waals surface area contributed by atoms with Gasteiger partial charge in [-0.1, -0.05) is 17.8 Å². The Morgan fingerprint density at radius 2 is 2.44 bits per heavy atom. The summed E-state index contributed by atoms with van der Waals surface area (Å²) >= 11 is 3.37. The summed E-state index contributed by atoms with van der Waals surface area (Å²) in [6.45, 7) is 2.92. The third kappa shape index (κ3) is 2.21. The molecular weight excluding hydrogens is 264 g/mol. The third-order valence-corrected chi connectivity index (χ3v) is 4.40. The topological polar surface area (TPSA) is 42.2 Å². The predicted octanol–water partition coefficient (Wildman–Crippen LogP) is 3.37. The predicted molar refractivity (Wildman–Crippen MR) is 75.6 cm³/mol. The summed E-state index contributed by atoms with van der Waals surface area (Å²) in [5.74, 6) is 0.877. The van der Waals surface area contributed by atoms with Gasteiger partial charge in [-0.3, -0.25) is 0 Å². The van der Waals surface area contributed by atoms with Gasteiger partial charge in [0.15, 0.2) is 5.65 Å². The number of hydrogen-bond acceptors (Lipinski definition) is 5. The first-order valence-electron chi connectivity index (χ1n) is 5.66. The van der Waals surface area contributed by atoms with Gasteiger partial charge >= 0.3 is 0 Å². The van der Waals surface area contributed by atoms with Crippen molar-refractivity contribution in [3.05, 3.63) is 36.1 Å². The Morgan fingerprint density at radius 1 is 1.50 bits per heavy atom. The van der Waals surface area contributed by atoms with Crippen LogP contribution in [0.15, 0.2) is 45.3 Å². The van der Waals surface area contributed by atoms with E-state index in [1.807, 2.05) is 22.9 Å². The molecule has 0 aromatic carbocycles. The van der Waals surface area contributed by atoms with E-state index in [4.69, 9.17) is 0 Å². The fourth-order valence-corrected chi connectivity index (χ4v) is 3.43. The molecule has 0 aliphatic heterocycles. The van der Waals surface area contributed by atoms with Crippen molar-refractivity contribution in [1.82, 2.24) is 14.4 Å². The fraction of sp³-hybridized carbons (Fsp3) is 0.167. The van der Waals surface area contributed by atoms with Crippen LogP contribution in [0, 0.1) is 0 Å². The van der Waals surface area contributed by atoms with Crippen LogP contribution in [0.3, 0.4) is 0 Å². The molecule has 4 nitrogen and oxygen atoms in total. The molecule has 0 spiro atoms. The quantitative estimate of drug-likeness (QED) is 0.793. The van der Waals surface area contributed by atoms with Gasteiger partial charge in [-0.25, -0.2) is 9.97 Å². The molecule has 3 heterocycles. The second kappa shape index (κ2) is 4.99. The number of anilines is 1. The van der Waals surface area contributed by atoms with Gasteiger partial charge in [0.1, 0.15) is 10.8 Å². The van der Waals surface area contributed by atoms with Crippen molar-refractivity contribution in [2.75, 3.05) is 11.9 Å². The van der Waals surface area contributed by atoms with Crippen molar-refractivity contribution >= 4 is 34.6 Å². The molecule has 0 aliphatic carbocycles. The molecule has 3 rings (SSSR count). The van der Waals surface area contributed by atoms with Crippen molar-refractivity contribution < 1.29 is 0 Å². The zero-order valence-electron chi connectivity index (χ0n) is 9.83. The molecule has 18 heavy (non-hydrogen) atoms. The van der Waals surface area contributed by atoms with Gasteiger partial charge < -0.3 is 9.72 Å². The van der Waals surface area contributed by atoms with E-state index >= 15 is 0 Å². The highest BCUT2D eigenvalue weighted by atomic mass is 32.2. The molecule has 0 bridgehead atoms. The van der Waals surface area contributed by atoms with Gasteiger partial charge in [0.25, 0.3) is 0 Å². The number of aromatic nitrogens is 3. The maximum atomic E-state index is 4.61.